The van der Waals surface area contributed by atoms with Gasteiger partial charge in [-0.05, 0) is 33.8 Å². The Morgan fingerprint density at radius 1 is 1.69 bits per heavy atom. The molecule has 0 radical (unpaired) electrons. The third-order valence-corrected chi connectivity index (χ3v) is 3.34. The van der Waals surface area contributed by atoms with Crippen molar-refractivity contribution < 1.29 is 9.90 Å². The van der Waals surface area contributed by atoms with Crippen LogP contribution in [-0.2, 0) is 0 Å². The molecule has 1 heterocycles. The zero-order valence-electron chi connectivity index (χ0n) is 9.12. The Hall–Kier alpha value is -1.10. The Kier molecular flexibility index (Phi) is 2.66. The van der Waals surface area contributed by atoms with E-state index in [4.69, 9.17) is 5.11 Å². The molecule has 1 aliphatic rings. The van der Waals surface area contributed by atoms with Crippen molar-refractivity contribution >= 4 is 27.7 Å². The molecule has 1 unspecified atom stereocenters. The number of nitrogens with one attached hydrogen (secondary N) is 1. The minimum Gasteiger partial charge on any atom is -0.478 e. The first-order valence-electron chi connectivity index (χ1n) is 5.05. The molecule has 0 aliphatic heterocycles. The van der Waals surface area contributed by atoms with Crippen LogP contribution in [0, 0.1) is 5.41 Å². The number of carboxylic acid groups (broad SMARTS) is 1. The summed E-state index contributed by atoms with van der Waals surface area (Å²) in [5.41, 5.74) is 0.446. The third kappa shape index (κ3) is 2.19. The highest BCUT2D eigenvalue weighted by atomic mass is 79.9. The van der Waals surface area contributed by atoms with Crippen LogP contribution < -0.4 is 5.32 Å². The average molecular weight is 285 g/mol. The van der Waals surface area contributed by atoms with Crippen molar-refractivity contribution in [2.75, 3.05) is 5.32 Å². The molecule has 86 valence electrons. The Balaban J connectivity index is 2.24. The van der Waals surface area contributed by atoms with Crippen molar-refractivity contribution in [1.82, 2.24) is 4.98 Å². The predicted octanol–water partition coefficient (Wildman–Crippen LogP) is 2.75. The van der Waals surface area contributed by atoms with Crippen molar-refractivity contribution in [2.45, 2.75) is 26.3 Å². The number of rotatable bonds is 3. The molecule has 1 aromatic rings. The van der Waals surface area contributed by atoms with E-state index in [0.717, 1.165) is 6.42 Å². The quantitative estimate of drug-likeness (QED) is 0.896. The lowest BCUT2D eigenvalue weighted by Gasteiger charge is -2.10. The van der Waals surface area contributed by atoms with Crippen LogP contribution >= 0.6 is 15.9 Å². The van der Waals surface area contributed by atoms with Gasteiger partial charge in [0.25, 0.3) is 0 Å². The molecule has 16 heavy (non-hydrogen) atoms. The number of hydrogen-bond acceptors (Lipinski definition) is 3. The summed E-state index contributed by atoms with van der Waals surface area (Å²) >= 11 is 3.22. The minimum absolute atomic E-state index is 0.206. The number of carboxylic acids is 1. The second-order valence-corrected chi connectivity index (χ2v) is 5.66. The lowest BCUT2D eigenvalue weighted by Crippen LogP contribution is -2.13. The van der Waals surface area contributed by atoms with Gasteiger partial charge in [-0.25, -0.2) is 9.78 Å². The van der Waals surface area contributed by atoms with Crippen LogP contribution in [0.4, 0.5) is 5.82 Å². The average Bonchev–Trinajstić information content (AvgIpc) is 2.76. The van der Waals surface area contributed by atoms with Crippen molar-refractivity contribution in [3.05, 3.63) is 22.3 Å². The zero-order chi connectivity index (χ0) is 11.9. The third-order valence-electron chi connectivity index (χ3n) is 2.91. The Morgan fingerprint density at radius 3 is 2.81 bits per heavy atom. The van der Waals surface area contributed by atoms with Gasteiger partial charge in [0.2, 0.25) is 0 Å². The normalized spacial score (nSPS) is 21.6. The second kappa shape index (κ2) is 3.73. The number of pyridine rings is 1. The van der Waals surface area contributed by atoms with Gasteiger partial charge >= 0.3 is 5.97 Å². The van der Waals surface area contributed by atoms with Gasteiger partial charge in [-0.1, -0.05) is 13.8 Å². The molecule has 0 amide bonds. The number of aromatic carboxylic acids is 1. The molecule has 0 saturated heterocycles. The van der Waals surface area contributed by atoms with Crippen molar-refractivity contribution in [2.24, 2.45) is 5.41 Å². The maximum absolute atomic E-state index is 11.0. The van der Waals surface area contributed by atoms with Gasteiger partial charge in [-0.3, -0.25) is 0 Å². The maximum Gasteiger partial charge on any atom is 0.339 e. The molecule has 0 bridgehead atoms. The first-order chi connectivity index (χ1) is 7.40. The molecule has 1 aliphatic carbocycles. The van der Waals surface area contributed by atoms with E-state index in [0.29, 0.717) is 16.3 Å². The molecule has 1 saturated carbocycles. The summed E-state index contributed by atoms with van der Waals surface area (Å²) in [7, 11) is 0. The summed E-state index contributed by atoms with van der Waals surface area (Å²) in [5, 5.41) is 12.2. The van der Waals surface area contributed by atoms with E-state index < -0.39 is 5.97 Å². The molecule has 2 N–H and O–H groups in total. The van der Waals surface area contributed by atoms with E-state index in [1.807, 2.05) is 0 Å². The van der Waals surface area contributed by atoms with Gasteiger partial charge in [-0.2, -0.15) is 0 Å². The van der Waals surface area contributed by atoms with Crippen LogP contribution in [0.2, 0.25) is 0 Å². The predicted molar refractivity (Wildman–Crippen MR) is 64.7 cm³/mol. The number of hydrogen-bond donors (Lipinski definition) is 2. The van der Waals surface area contributed by atoms with Crippen LogP contribution in [-0.4, -0.2) is 22.1 Å². The summed E-state index contributed by atoms with van der Waals surface area (Å²) in [4.78, 5) is 15.1. The van der Waals surface area contributed by atoms with Crippen molar-refractivity contribution in [1.29, 1.82) is 0 Å². The molecule has 1 fully saturated rings. The molecular weight excluding hydrogens is 272 g/mol. The van der Waals surface area contributed by atoms with Gasteiger partial charge in [0.15, 0.2) is 0 Å². The largest absolute Gasteiger partial charge is 0.478 e. The summed E-state index contributed by atoms with van der Waals surface area (Å²) < 4.78 is 0.672. The topological polar surface area (TPSA) is 62.2 Å². The van der Waals surface area contributed by atoms with Crippen LogP contribution in [0.3, 0.4) is 0 Å². The highest BCUT2D eigenvalue weighted by Gasteiger charge is 2.46. The molecule has 0 aromatic carbocycles. The van der Waals surface area contributed by atoms with Crippen LogP contribution in [0.15, 0.2) is 16.7 Å². The summed E-state index contributed by atoms with van der Waals surface area (Å²) in [5.74, 6) is -0.513. The molecule has 2 rings (SSSR count). The molecule has 1 atom stereocenters. The number of halogens is 1. The number of carbonyl (C=O) groups is 1. The second-order valence-electron chi connectivity index (χ2n) is 4.74. The van der Waals surface area contributed by atoms with Gasteiger partial charge in [0.05, 0.1) is 0 Å². The maximum atomic E-state index is 11.0. The Labute approximate surface area is 102 Å². The van der Waals surface area contributed by atoms with Gasteiger partial charge in [0, 0.05) is 16.7 Å². The molecule has 4 nitrogen and oxygen atoms in total. The summed E-state index contributed by atoms with van der Waals surface area (Å²) in [6.45, 7) is 4.29. The summed E-state index contributed by atoms with van der Waals surface area (Å²) in [6, 6.07) is 1.88. The Bertz CT molecular complexity index is 446. The fraction of sp³-hybridized carbons (Fsp3) is 0.455. The molecule has 5 heteroatoms. The fourth-order valence-corrected chi connectivity index (χ4v) is 1.93. The van der Waals surface area contributed by atoms with Gasteiger partial charge < -0.3 is 10.4 Å². The molecular formula is C11H13BrN2O2. The lowest BCUT2D eigenvalue weighted by molar-refractivity contribution is 0.0697. The zero-order valence-corrected chi connectivity index (χ0v) is 10.7. The smallest absolute Gasteiger partial charge is 0.339 e. The SMILES string of the molecule is CC1(C)CC1Nc1ncc(Br)cc1C(=O)O. The number of anilines is 1. The number of nitrogens with zero attached hydrogens (tertiary/aromatic N) is 1. The molecule has 1 aromatic heterocycles. The lowest BCUT2D eigenvalue weighted by atomic mass is 10.2. The molecule has 0 spiro atoms. The highest BCUT2D eigenvalue weighted by Crippen LogP contribution is 2.46. The van der Waals surface area contributed by atoms with Gasteiger partial charge in [0.1, 0.15) is 11.4 Å². The van der Waals surface area contributed by atoms with E-state index in [2.05, 4.69) is 40.1 Å². The van der Waals surface area contributed by atoms with E-state index in [1.54, 1.807) is 12.3 Å². The highest BCUT2D eigenvalue weighted by molar-refractivity contribution is 9.10. The van der Waals surface area contributed by atoms with E-state index in [9.17, 15) is 4.79 Å². The van der Waals surface area contributed by atoms with Crippen molar-refractivity contribution in [3.8, 4) is 0 Å². The standard InChI is InChI=1S/C11H13BrN2O2/c1-11(2)4-8(11)14-9-7(10(15)16)3-6(12)5-13-9/h3,5,8H,4H2,1-2H3,(H,13,14)(H,15,16). The van der Waals surface area contributed by atoms with Crippen LogP contribution in [0.5, 0.6) is 0 Å². The van der Waals surface area contributed by atoms with Crippen LogP contribution in [0.25, 0.3) is 0 Å². The Morgan fingerprint density at radius 2 is 2.31 bits per heavy atom. The van der Waals surface area contributed by atoms with E-state index in [1.165, 1.54) is 0 Å². The van der Waals surface area contributed by atoms with E-state index >= 15 is 0 Å². The minimum atomic E-state index is -0.963. The monoisotopic (exact) mass is 284 g/mol. The first kappa shape index (κ1) is 11.4. The van der Waals surface area contributed by atoms with Crippen molar-refractivity contribution in [3.63, 3.8) is 0 Å². The van der Waals surface area contributed by atoms with Crippen LogP contribution in [0.1, 0.15) is 30.6 Å². The summed E-state index contributed by atoms with van der Waals surface area (Å²) in [6.07, 6.45) is 2.65. The first-order valence-corrected chi connectivity index (χ1v) is 5.85. The number of aromatic nitrogens is 1. The van der Waals surface area contributed by atoms with E-state index in [-0.39, 0.29) is 11.0 Å². The van der Waals surface area contributed by atoms with Gasteiger partial charge in [-0.15, -0.1) is 0 Å². The fourth-order valence-electron chi connectivity index (χ4n) is 1.60.